The van der Waals surface area contributed by atoms with Gasteiger partial charge in [0.2, 0.25) is 10.0 Å². The number of amidine groups is 1. The van der Waals surface area contributed by atoms with E-state index in [4.69, 9.17) is 0 Å². The maximum Gasteiger partial charge on any atom is 0.259 e. The van der Waals surface area contributed by atoms with E-state index in [1.165, 1.54) is 12.1 Å². The van der Waals surface area contributed by atoms with Gasteiger partial charge < -0.3 is 0 Å². The number of rotatable bonds is 5. The molecule has 0 saturated carbocycles. The molecule has 1 saturated heterocycles. The van der Waals surface area contributed by atoms with Gasteiger partial charge in [-0.05, 0) is 62.7 Å². The Morgan fingerprint density at radius 1 is 1.21 bits per heavy atom. The van der Waals surface area contributed by atoms with Crippen LogP contribution in [-0.2, 0) is 10.0 Å². The van der Waals surface area contributed by atoms with Gasteiger partial charge in [0.1, 0.15) is 0 Å². The van der Waals surface area contributed by atoms with Crippen molar-refractivity contribution in [1.82, 2.24) is 9.62 Å². The number of benzene rings is 2. The van der Waals surface area contributed by atoms with Crippen LogP contribution < -0.4 is 4.72 Å². The van der Waals surface area contributed by atoms with Gasteiger partial charge in [0.25, 0.3) is 5.91 Å². The van der Waals surface area contributed by atoms with E-state index in [1.54, 1.807) is 42.6 Å². The van der Waals surface area contributed by atoms with Gasteiger partial charge in [-0.15, -0.1) is 0 Å². The zero-order valence-electron chi connectivity index (χ0n) is 16.9. The lowest BCUT2D eigenvalue weighted by Crippen LogP contribution is -2.33. The van der Waals surface area contributed by atoms with Crippen molar-refractivity contribution < 1.29 is 13.2 Å². The molecule has 0 aromatic heterocycles. The lowest BCUT2D eigenvalue weighted by molar-refractivity contribution is 0.0855. The summed E-state index contributed by atoms with van der Waals surface area (Å²) in [7, 11) is -3.59. The highest BCUT2D eigenvalue weighted by Gasteiger charge is 2.31. The molecule has 8 heteroatoms. The number of sulfonamides is 1. The zero-order valence-corrected chi connectivity index (χ0v) is 18.5. The second kappa shape index (κ2) is 8.69. The molecule has 6 nitrogen and oxygen atoms in total. The number of hydrogen-bond acceptors (Lipinski definition) is 5. The SMILES string of the molecule is Cc1cccc(N=C2SC(C)CN2C(=O)c2ccc(S(=O)(=O)NC(C)C)cc2)c1. The maximum absolute atomic E-state index is 13.1. The van der Waals surface area contributed by atoms with Gasteiger partial charge in [0, 0.05) is 23.4 Å². The summed E-state index contributed by atoms with van der Waals surface area (Å²) in [5, 5.41) is 0.892. The predicted molar refractivity (Wildman–Crippen MR) is 118 cm³/mol. The molecule has 1 aliphatic rings. The first kappa shape index (κ1) is 21.5. The Balaban J connectivity index is 1.85. The Morgan fingerprint density at radius 2 is 1.90 bits per heavy atom. The van der Waals surface area contributed by atoms with Gasteiger partial charge in [0.05, 0.1) is 10.6 Å². The Labute approximate surface area is 176 Å². The van der Waals surface area contributed by atoms with Gasteiger partial charge in [0.15, 0.2) is 5.17 Å². The maximum atomic E-state index is 13.1. The van der Waals surface area contributed by atoms with Gasteiger partial charge in [-0.3, -0.25) is 9.69 Å². The van der Waals surface area contributed by atoms with Crippen LogP contribution in [0.3, 0.4) is 0 Å². The summed E-state index contributed by atoms with van der Waals surface area (Å²) in [5.74, 6) is -0.186. The highest BCUT2D eigenvalue weighted by molar-refractivity contribution is 8.14. The normalized spacial score (nSPS) is 18.6. The molecule has 1 N–H and O–H groups in total. The van der Waals surface area contributed by atoms with E-state index < -0.39 is 10.0 Å². The number of hydrogen-bond donors (Lipinski definition) is 1. The topological polar surface area (TPSA) is 78.8 Å². The first-order valence-electron chi connectivity index (χ1n) is 9.42. The van der Waals surface area contributed by atoms with E-state index in [9.17, 15) is 13.2 Å². The van der Waals surface area contributed by atoms with Crippen molar-refractivity contribution in [2.24, 2.45) is 4.99 Å². The average molecular weight is 432 g/mol. The summed E-state index contributed by atoms with van der Waals surface area (Å²) in [6.45, 7) is 8.13. The summed E-state index contributed by atoms with van der Waals surface area (Å²) in [5.41, 5.74) is 2.34. The van der Waals surface area contributed by atoms with Crippen LogP contribution >= 0.6 is 11.8 Å². The zero-order chi connectivity index (χ0) is 21.2. The van der Waals surface area contributed by atoms with Crippen molar-refractivity contribution in [1.29, 1.82) is 0 Å². The molecule has 3 rings (SSSR count). The molecule has 1 aliphatic heterocycles. The molecule has 154 valence electrons. The number of carbonyl (C=O) groups is 1. The van der Waals surface area contributed by atoms with Crippen LogP contribution in [0.15, 0.2) is 58.4 Å². The van der Waals surface area contributed by atoms with E-state index in [-0.39, 0.29) is 22.1 Å². The molecule has 0 spiro atoms. The summed E-state index contributed by atoms with van der Waals surface area (Å²) >= 11 is 1.56. The van der Waals surface area contributed by atoms with E-state index in [0.29, 0.717) is 17.3 Å². The molecule has 0 bridgehead atoms. The molecule has 0 radical (unpaired) electrons. The number of thioether (sulfide) groups is 1. The number of aliphatic imine (C=N–C) groups is 1. The highest BCUT2D eigenvalue weighted by atomic mass is 32.2. The average Bonchev–Trinajstić information content (AvgIpc) is 3.00. The minimum Gasteiger partial charge on any atom is -0.286 e. The lowest BCUT2D eigenvalue weighted by Gasteiger charge is -2.16. The van der Waals surface area contributed by atoms with Crippen molar-refractivity contribution >= 4 is 38.5 Å². The fraction of sp³-hybridized carbons (Fsp3) is 0.333. The van der Waals surface area contributed by atoms with Gasteiger partial charge in [-0.25, -0.2) is 18.1 Å². The minimum absolute atomic E-state index is 0.139. The molecule has 1 amide bonds. The van der Waals surface area contributed by atoms with Crippen molar-refractivity contribution in [2.75, 3.05) is 6.54 Å². The largest absolute Gasteiger partial charge is 0.286 e. The fourth-order valence-corrected chi connectivity index (χ4v) is 5.27. The van der Waals surface area contributed by atoms with E-state index in [1.807, 2.05) is 31.2 Å². The first-order chi connectivity index (χ1) is 13.7. The molecule has 1 unspecified atom stereocenters. The Morgan fingerprint density at radius 3 is 2.52 bits per heavy atom. The minimum atomic E-state index is -3.59. The third-order valence-corrected chi connectivity index (χ3v) is 7.00. The van der Waals surface area contributed by atoms with Crippen molar-refractivity contribution in [3.05, 3.63) is 59.7 Å². The van der Waals surface area contributed by atoms with Crippen LogP contribution in [0.5, 0.6) is 0 Å². The molecule has 1 fully saturated rings. The van der Waals surface area contributed by atoms with Crippen LogP contribution in [0, 0.1) is 6.92 Å². The Kier molecular flexibility index (Phi) is 6.45. The molecule has 2 aromatic carbocycles. The summed E-state index contributed by atoms with van der Waals surface area (Å²) < 4.78 is 27.1. The first-order valence-corrected chi connectivity index (χ1v) is 11.8. The van der Waals surface area contributed by atoms with Gasteiger partial charge >= 0.3 is 0 Å². The van der Waals surface area contributed by atoms with Crippen LogP contribution in [0.1, 0.15) is 36.7 Å². The third kappa shape index (κ3) is 5.26. The van der Waals surface area contributed by atoms with Gasteiger partial charge in [-0.2, -0.15) is 0 Å². The van der Waals surface area contributed by atoms with Gasteiger partial charge in [-0.1, -0.05) is 30.8 Å². The number of nitrogens with zero attached hydrogens (tertiary/aromatic N) is 2. The van der Waals surface area contributed by atoms with E-state index in [2.05, 4.69) is 16.6 Å². The quantitative estimate of drug-likeness (QED) is 0.778. The number of aryl methyl sites for hydroxylation is 1. The smallest absolute Gasteiger partial charge is 0.259 e. The Hall–Kier alpha value is -2.16. The number of amides is 1. The molecular weight excluding hydrogens is 406 g/mol. The van der Waals surface area contributed by atoms with E-state index >= 15 is 0 Å². The van der Waals surface area contributed by atoms with Crippen LogP contribution in [0.4, 0.5) is 5.69 Å². The molecule has 1 atom stereocenters. The monoisotopic (exact) mass is 431 g/mol. The standard InChI is InChI=1S/C21H25N3O3S2/c1-14(2)23-29(26,27)19-10-8-17(9-11-19)20(25)24-13-16(4)28-21(24)22-18-7-5-6-15(3)12-18/h5-12,14,16,23H,13H2,1-4H3. The molecule has 0 aliphatic carbocycles. The third-order valence-electron chi connectivity index (χ3n) is 4.25. The van der Waals surface area contributed by atoms with E-state index in [0.717, 1.165) is 11.3 Å². The second-order valence-corrected chi connectivity index (χ2v) is 10.5. The summed E-state index contributed by atoms with van der Waals surface area (Å²) in [6, 6.07) is 13.6. The fourth-order valence-electron chi connectivity index (χ4n) is 2.99. The predicted octanol–water partition coefficient (Wildman–Crippen LogP) is 3.95. The molecular formula is C21H25N3O3S2. The van der Waals surface area contributed by atoms with Crippen LogP contribution in [0.25, 0.3) is 0 Å². The Bertz CT molecular complexity index is 1030. The molecule has 2 aromatic rings. The highest BCUT2D eigenvalue weighted by Crippen LogP contribution is 2.30. The van der Waals surface area contributed by atoms with Crippen molar-refractivity contribution in [2.45, 2.75) is 43.9 Å². The number of nitrogens with one attached hydrogen (secondary N) is 1. The van der Waals surface area contributed by atoms with Crippen molar-refractivity contribution in [3.8, 4) is 0 Å². The molecule has 29 heavy (non-hydrogen) atoms. The second-order valence-electron chi connectivity index (χ2n) is 7.38. The van der Waals surface area contributed by atoms with Crippen LogP contribution in [-0.4, -0.2) is 42.2 Å². The summed E-state index contributed by atoms with van der Waals surface area (Å²) in [6.07, 6.45) is 0. The lowest BCUT2D eigenvalue weighted by atomic mass is 10.2. The van der Waals surface area contributed by atoms with Crippen molar-refractivity contribution in [3.63, 3.8) is 0 Å². The number of carbonyl (C=O) groups excluding carboxylic acids is 1. The summed E-state index contributed by atoms with van der Waals surface area (Å²) in [4.78, 5) is 19.5. The van der Waals surface area contributed by atoms with Crippen LogP contribution in [0.2, 0.25) is 0 Å². The molecule has 1 heterocycles.